The Kier molecular flexibility index (Phi) is 5.76. The zero-order valence-electron chi connectivity index (χ0n) is 10.9. The van der Waals surface area contributed by atoms with Crippen LogP contribution in [0, 0.1) is 17.1 Å². The van der Waals surface area contributed by atoms with E-state index in [4.69, 9.17) is 11.0 Å². The summed E-state index contributed by atoms with van der Waals surface area (Å²) in [5.74, 6) is -0.248. The van der Waals surface area contributed by atoms with E-state index >= 15 is 0 Å². The van der Waals surface area contributed by atoms with Gasteiger partial charge in [0.15, 0.2) is 0 Å². The third kappa shape index (κ3) is 3.80. The third-order valence-corrected chi connectivity index (χ3v) is 3.02. The van der Waals surface area contributed by atoms with Gasteiger partial charge >= 0.3 is 0 Å². The molecule has 0 aliphatic rings. The van der Waals surface area contributed by atoms with E-state index < -0.39 is 0 Å². The molecule has 0 aliphatic carbocycles. The zero-order chi connectivity index (χ0) is 13.5. The van der Waals surface area contributed by atoms with Gasteiger partial charge in [-0.3, -0.25) is 4.90 Å². The summed E-state index contributed by atoms with van der Waals surface area (Å²) in [7, 11) is 0. The summed E-state index contributed by atoms with van der Waals surface area (Å²) < 4.78 is 12.9. The van der Waals surface area contributed by atoms with E-state index in [-0.39, 0.29) is 17.9 Å². The fourth-order valence-corrected chi connectivity index (χ4v) is 2.19. The van der Waals surface area contributed by atoms with Gasteiger partial charge in [0.1, 0.15) is 5.82 Å². The lowest BCUT2D eigenvalue weighted by atomic mass is 9.99. The molecule has 0 bridgehead atoms. The fourth-order valence-electron chi connectivity index (χ4n) is 2.19. The van der Waals surface area contributed by atoms with Gasteiger partial charge in [0, 0.05) is 25.0 Å². The molecule has 0 heterocycles. The van der Waals surface area contributed by atoms with Crippen LogP contribution in [-0.4, -0.2) is 24.0 Å². The van der Waals surface area contributed by atoms with Crippen LogP contribution in [0.4, 0.5) is 4.39 Å². The van der Waals surface area contributed by atoms with Crippen molar-refractivity contribution in [2.45, 2.75) is 32.4 Å². The number of hydrogen-bond acceptors (Lipinski definition) is 3. The lowest BCUT2D eigenvalue weighted by Gasteiger charge is -2.33. The average Bonchev–Trinajstić information content (AvgIpc) is 2.35. The van der Waals surface area contributed by atoms with E-state index in [1.165, 1.54) is 12.1 Å². The number of nitriles is 1. The summed E-state index contributed by atoms with van der Waals surface area (Å²) in [5.41, 5.74) is 7.03. The molecule has 0 aliphatic heterocycles. The predicted molar refractivity (Wildman–Crippen MR) is 70.3 cm³/mol. The van der Waals surface area contributed by atoms with Gasteiger partial charge in [0.2, 0.25) is 0 Å². The number of rotatable bonds is 6. The van der Waals surface area contributed by atoms with Gasteiger partial charge in [-0.1, -0.05) is 19.1 Å². The fraction of sp³-hybridized carbons (Fsp3) is 0.500. The number of hydrogen-bond donors (Lipinski definition) is 1. The van der Waals surface area contributed by atoms with Crippen molar-refractivity contribution in [1.82, 2.24) is 4.90 Å². The van der Waals surface area contributed by atoms with E-state index in [9.17, 15) is 4.39 Å². The highest BCUT2D eigenvalue weighted by Crippen LogP contribution is 2.23. The Morgan fingerprint density at radius 3 is 2.44 bits per heavy atom. The molecule has 0 spiro atoms. The first kappa shape index (κ1) is 14.6. The molecule has 0 aromatic heterocycles. The summed E-state index contributed by atoms with van der Waals surface area (Å²) in [6, 6.07) is 8.51. The third-order valence-electron chi connectivity index (χ3n) is 3.02. The van der Waals surface area contributed by atoms with Crippen LogP contribution in [0.15, 0.2) is 24.3 Å². The van der Waals surface area contributed by atoms with Crippen molar-refractivity contribution < 1.29 is 4.39 Å². The van der Waals surface area contributed by atoms with Gasteiger partial charge in [0.25, 0.3) is 0 Å². The Morgan fingerprint density at radius 2 is 2.00 bits per heavy atom. The predicted octanol–water partition coefficient (Wildman–Crippen LogP) is 2.45. The highest BCUT2D eigenvalue weighted by Gasteiger charge is 2.22. The van der Waals surface area contributed by atoms with E-state index in [1.54, 1.807) is 12.1 Å². The second kappa shape index (κ2) is 7.10. The number of benzene rings is 1. The van der Waals surface area contributed by atoms with E-state index in [2.05, 4.69) is 11.0 Å². The van der Waals surface area contributed by atoms with Crippen LogP contribution in [0.5, 0.6) is 0 Å². The summed E-state index contributed by atoms with van der Waals surface area (Å²) in [6.45, 7) is 5.46. The first-order valence-electron chi connectivity index (χ1n) is 6.22. The van der Waals surface area contributed by atoms with Gasteiger partial charge in [-0.05, 0) is 31.2 Å². The van der Waals surface area contributed by atoms with E-state index in [0.29, 0.717) is 13.0 Å². The molecule has 2 unspecified atom stereocenters. The number of halogens is 1. The molecule has 1 rings (SSSR count). The maximum atomic E-state index is 12.9. The van der Waals surface area contributed by atoms with Gasteiger partial charge in [-0.25, -0.2) is 4.39 Å². The molecule has 1 aromatic carbocycles. The van der Waals surface area contributed by atoms with Crippen LogP contribution < -0.4 is 5.73 Å². The summed E-state index contributed by atoms with van der Waals surface area (Å²) in [4.78, 5) is 2.15. The first-order chi connectivity index (χ1) is 8.60. The summed E-state index contributed by atoms with van der Waals surface area (Å²) >= 11 is 0. The highest BCUT2D eigenvalue weighted by atomic mass is 19.1. The molecular weight excluding hydrogens is 229 g/mol. The number of nitrogens with zero attached hydrogens (tertiary/aromatic N) is 2. The molecular formula is C14H20FN3. The van der Waals surface area contributed by atoms with Crippen molar-refractivity contribution in [2.24, 2.45) is 5.73 Å². The van der Waals surface area contributed by atoms with Gasteiger partial charge in [-0.2, -0.15) is 5.26 Å². The quantitative estimate of drug-likeness (QED) is 0.842. The standard InChI is InChI=1S/C14H20FN3/c1-3-18(10-4-9-16)14(11(2)17)12-5-7-13(15)8-6-12/h5-8,11,14H,3-4,10,17H2,1-2H3. The van der Waals surface area contributed by atoms with Crippen molar-refractivity contribution in [3.8, 4) is 6.07 Å². The molecule has 0 amide bonds. The minimum absolute atomic E-state index is 0.0175. The maximum Gasteiger partial charge on any atom is 0.123 e. The monoisotopic (exact) mass is 249 g/mol. The minimum Gasteiger partial charge on any atom is -0.326 e. The molecule has 0 radical (unpaired) electrons. The van der Waals surface area contributed by atoms with Gasteiger partial charge in [-0.15, -0.1) is 0 Å². The molecule has 0 fully saturated rings. The molecule has 98 valence electrons. The second-order valence-electron chi connectivity index (χ2n) is 4.39. The number of likely N-dealkylation sites (N-methyl/N-ethyl adjacent to an activating group) is 1. The molecule has 4 heteroatoms. The van der Waals surface area contributed by atoms with Crippen molar-refractivity contribution in [2.75, 3.05) is 13.1 Å². The summed E-state index contributed by atoms with van der Waals surface area (Å²) in [5, 5.41) is 8.68. The lowest BCUT2D eigenvalue weighted by molar-refractivity contribution is 0.189. The topological polar surface area (TPSA) is 53.0 Å². The average molecular weight is 249 g/mol. The van der Waals surface area contributed by atoms with Crippen molar-refractivity contribution in [1.29, 1.82) is 5.26 Å². The second-order valence-corrected chi connectivity index (χ2v) is 4.39. The molecule has 0 saturated heterocycles. The largest absolute Gasteiger partial charge is 0.326 e. The molecule has 18 heavy (non-hydrogen) atoms. The van der Waals surface area contributed by atoms with Crippen LogP contribution in [0.1, 0.15) is 31.9 Å². The van der Waals surface area contributed by atoms with Crippen molar-refractivity contribution in [3.05, 3.63) is 35.6 Å². The van der Waals surface area contributed by atoms with Crippen LogP contribution >= 0.6 is 0 Å². The Hall–Kier alpha value is -1.44. The molecule has 2 N–H and O–H groups in total. The van der Waals surface area contributed by atoms with E-state index in [0.717, 1.165) is 12.1 Å². The normalized spacial score (nSPS) is 14.2. The molecule has 2 atom stereocenters. The zero-order valence-corrected chi connectivity index (χ0v) is 10.9. The van der Waals surface area contributed by atoms with Gasteiger partial charge < -0.3 is 5.73 Å². The van der Waals surface area contributed by atoms with Crippen LogP contribution in [0.2, 0.25) is 0 Å². The minimum atomic E-state index is -0.248. The highest BCUT2D eigenvalue weighted by molar-refractivity contribution is 5.21. The molecule has 0 saturated carbocycles. The van der Waals surface area contributed by atoms with Crippen LogP contribution in [0.3, 0.4) is 0 Å². The Morgan fingerprint density at radius 1 is 1.39 bits per heavy atom. The smallest absolute Gasteiger partial charge is 0.123 e. The Bertz CT molecular complexity index is 394. The van der Waals surface area contributed by atoms with Crippen molar-refractivity contribution >= 4 is 0 Å². The maximum absolute atomic E-state index is 12.9. The molecule has 1 aromatic rings. The van der Waals surface area contributed by atoms with E-state index in [1.807, 2.05) is 13.8 Å². The Balaban J connectivity index is 2.93. The molecule has 3 nitrogen and oxygen atoms in total. The van der Waals surface area contributed by atoms with Gasteiger partial charge in [0.05, 0.1) is 6.07 Å². The SMILES string of the molecule is CCN(CCC#N)C(c1ccc(F)cc1)C(C)N. The Labute approximate surface area is 108 Å². The van der Waals surface area contributed by atoms with Crippen molar-refractivity contribution in [3.63, 3.8) is 0 Å². The summed E-state index contributed by atoms with van der Waals surface area (Å²) in [6.07, 6.45) is 0.470. The van der Waals surface area contributed by atoms with Crippen LogP contribution in [-0.2, 0) is 0 Å². The van der Waals surface area contributed by atoms with Crippen LogP contribution in [0.25, 0.3) is 0 Å². The number of nitrogens with two attached hydrogens (primary N) is 1. The first-order valence-corrected chi connectivity index (χ1v) is 6.22. The lowest BCUT2D eigenvalue weighted by Crippen LogP contribution is -2.40.